The molecule has 134 valence electrons. The maximum Gasteiger partial charge on any atom is 0.271 e. The first-order valence-corrected chi connectivity index (χ1v) is 8.48. The summed E-state index contributed by atoms with van der Waals surface area (Å²) in [4.78, 5) is 41.9. The van der Waals surface area contributed by atoms with E-state index in [4.69, 9.17) is 0 Å². The van der Waals surface area contributed by atoms with Crippen molar-refractivity contribution >= 4 is 23.4 Å². The van der Waals surface area contributed by atoms with Crippen LogP contribution in [-0.4, -0.2) is 29.3 Å². The van der Waals surface area contributed by atoms with Crippen LogP contribution >= 0.6 is 0 Å². The van der Waals surface area contributed by atoms with Gasteiger partial charge in [0.15, 0.2) is 0 Å². The first-order valence-electron chi connectivity index (χ1n) is 8.48. The van der Waals surface area contributed by atoms with Gasteiger partial charge in [-0.3, -0.25) is 30.2 Å². The number of nitrogens with one attached hydrogen (secondary N) is 2. The fourth-order valence-corrected chi connectivity index (χ4v) is 2.83. The minimum absolute atomic E-state index is 0.104. The number of rotatable bonds is 4. The van der Waals surface area contributed by atoms with Crippen LogP contribution in [0.3, 0.4) is 0 Å². The van der Waals surface area contributed by atoms with Gasteiger partial charge in [0, 0.05) is 31.0 Å². The largest absolute Gasteiger partial charge is 0.312 e. The molecule has 1 atom stereocenters. The second kappa shape index (κ2) is 7.77. The van der Waals surface area contributed by atoms with Crippen molar-refractivity contribution in [1.82, 2.24) is 15.8 Å². The molecule has 7 nitrogen and oxygen atoms in total. The standard InChI is InChI=1S/C19H20N4O3/c1-2-13-5-7-16(8-6-13)23-12-15(10-17(23)24)19(26)22-21-18(25)14-4-3-9-20-11-14/h3-9,11,15H,2,10,12H2,1H3,(H,21,25)(H,22,26). The Labute approximate surface area is 151 Å². The smallest absolute Gasteiger partial charge is 0.271 e. The van der Waals surface area contributed by atoms with Crippen molar-refractivity contribution in [3.63, 3.8) is 0 Å². The van der Waals surface area contributed by atoms with E-state index in [1.807, 2.05) is 24.3 Å². The lowest BCUT2D eigenvalue weighted by Crippen LogP contribution is -2.45. The van der Waals surface area contributed by atoms with Gasteiger partial charge in [0.1, 0.15) is 0 Å². The second-order valence-electron chi connectivity index (χ2n) is 6.11. The summed E-state index contributed by atoms with van der Waals surface area (Å²) < 4.78 is 0. The maximum absolute atomic E-state index is 12.3. The summed E-state index contributed by atoms with van der Waals surface area (Å²) in [7, 11) is 0. The summed E-state index contributed by atoms with van der Waals surface area (Å²) in [5.41, 5.74) is 7.05. The number of aryl methyl sites for hydroxylation is 1. The van der Waals surface area contributed by atoms with Crippen molar-refractivity contribution < 1.29 is 14.4 Å². The average molecular weight is 352 g/mol. The Morgan fingerprint density at radius 1 is 1.19 bits per heavy atom. The Hall–Kier alpha value is -3.22. The molecule has 7 heteroatoms. The van der Waals surface area contributed by atoms with Crippen LogP contribution in [0.15, 0.2) is 48.8 Å². The Morgan fingerprint density at radius 3 is 2.62 bits per heavy atom. The molecule has 0 radical (unpaired) electrons. The molecule has 1 aromatic carbocycles. The van der Waals surface area contributed by atoms with Crippen molar-refractivity contribution in [2.75, 3.05) is 11.4 Å². The summed E-state index contributed by atoms with van der Waals surface area (Å²) in [5.74, 6) is -1.46. The third kappa shape index (κ3) is 3.88. The Balaban J connectivity index is 1.57. The van der Waals surface area contributed by atoms with E-state index < -0.39 is 11.8 Å². The van der Waals surface area contributed by atoms with Gasteiger partial charge in [-0.05, 0) is 36.2 Å². The van der Waals surface area contributed by atoms with E-state index in [1.165, 1.54) is 11.8 Å². The molecule has 1 saturated heterocycles. The number of pyridine rings is 1. The van der Waals surface area contributed by atoms with E-state index in [0.29, 0.717) is 12.1 Å². The maximum atomic E-state index is 12.3. The molecule has 3 amide bonds. The highest BCUT2D eigenvalue weighted by atomic mass is 16.2. The predicted molar refractivity (Wildman–Crippen MR) is 96.1 cm³/mol. The van der Waals surface area contributed by atoms with E-state index >= 15 is 0 Å². The molecular weight excluding hydrogens is 332 g/mol. The van der Waals surface area contributed by atoms with Crippen molar-refractivity contribution in [1.29, 1.82) is 0 Å². The molecule has 3 rings (SSSR count). The highest BCUT2D eigenvalue weighted by molar-refractivity contribution is 6.01. The number of amides is 3. The molecule has 26 heavy (non-hydrogen) atoms. The number of carbonyl (C=O) groups is 3. The summed E-state index contributed by atoms with van der Waals surface area (Å²) in [5, 5.41) is 0. The van der Waals surface area contributed by atoms with Crippen LogP contribution < -0.4 is 15.8 Å². The fourth-order valence-electron chi connectivity index (χ4n) is 2.83. The average Bonchev–Trinajstić information content (AvgIpc) is 3.08. The Bertz CT molecular complexity index is 805. The van der Waals surface area contributed by atoms with Crippen molar-refractivity contribution in [2.24, 2.45) is 5.92 Å². The number of nitrogens with zero attached hydrogens (tertiary/aromatic N) is 2. The van der Waals surface area contributed by atoms with Gasteiger partial charge < -0.3 is 4.90 Å². The summed E-state index contributed by atoms with van der Waals surface area (Å²) in [6.45, 7) is 2.36. The summed E-state index contributed by atoms with van der Waals surface area (Å²) in [6, 6.07) is 11.0. The third-order valence-corrected chi connectivity index (χ3v) is 4.38. The molecule has 0 spiro atoms. The molecule has 0 aliphatic carbocycles. The van der Waals surface area contributed by atoms with E-state index in [1.54, 1.807) is 23.2 Å². The summed E-state index contributed by atoms with van der Waals surface area (Å²) in [6.07, 6.45) is 4.00. The van der Waals surface area contributed by atoms with Crippen LogP contribution in [0.2, 0.25) is 0 Å². The zero-order valence-corrected chi connectivity index (χ0v) is 14.4. The van der Waals surface area contributed by atoms with E-state index in [9.17, 15) is 14.4 Å². The molecule has 2 aromatic rings. The van der Waals surface area contributed by atoms with Crippen LogP contribution in [0.1, 0.15) is 29.3 Å². The normalized spacial score (nSPS) is 16.4. The highest BCUT2D eigenvalue weighted by Gasteiger charge is 2.35. The molecule has 1 aromatic heterocycles. The zero-order valence-electron chi connectivity index (χ0n) is 14.4. The van der Waals surface area contributed by atoms with Crippen LogP contribution in [0, 0.1) is 5.92 Å². The van der Waals surface area contributed by atoms with E-state index in [0.717, 1.165) is 12.1 Å². The van der Waals surface area contributed by atoms with Gasteiger partial charge in [-0.1, -0.05) is 19.1 Å². The minimum Gasteiger partial charge on any atom is -0.312 e. The quantitative estimate of drug-likeness (QED) is 0.815. The number of benzene rings is 1. The topological polar surface area (TPSA) is 91.4 Å². The molecule has 0 bridgehead atoms. The van der Waals surface area contributed by atoms with Crippen molar-refractivity contribution in [2.45, 2.75) is 19.8 Å². The number of hydrazine groups is 1. The van der Waals surface area contributed by atoms with Crippen LogP contribution in [0.5, 0.6) is 0 Å². The van der Waals surface area contributed by atoms with Gasteiger partial charge in [-0.2, -0.15) is 0 Å². The monoisotopic (exact) mass is 352 g/mol. The van der Waals surface area contributed by atoms with Gasteiger partial charge in [0.05, 0.1) is 11.5 Å². The summed E-state index contributed by atoms with van der Waals surface area (Å²) >= 11 is 0. The minimum atomic E-state index is -0.512. The molecular formula is C19H20N4O3. The molecule has 2 N–H and O–H groups in total. The zero-order chi connectivity index (χ0) is 18.5. The van der Waals surface area contributed by atoms with Gasteiger partial charge in [0.25, 0.3) is 5.91 Å². The lowest BCUT2D eigenvalue weighted by atomic mass is 10.1. The van der Waals surface area contributed by atoms with Crippen LogP contribution in [-0.2, 0) is 16.0 Å². The number of hydrogen-bond acceptors (Lipinski definition) is 4. The molecule has 1 aliphatic heterocycles. The first-order chi connectivity index (χ1) is 12.6. The Kier molecular flexibility index (Phi) is 5.26. The van der Waals surface area contributed by atoms with E-state index in [-0.39, 0.29) is 18.2 Å². The highest BCUT2D eigenvalue weighted by Crippen LogP contribution is 2.25. The lowest BCUT2D eigenvalue weighted by molar-refractivity contribution is -0.126. The first kappa shape index (κ1) is 17.6. The van der Waals surface area contributed by atoms with Crippen LogP contribution in [0.25, 0.3) is 0 Å². The Morgan fingerprint density at radius 2 is 1.96 bits per heavy atom. The predicted octanol–water partition coefficient (Wildman–Crippen LogP) is 1.46. The van der Waals surface area contributed by atoms with Gasteiger partial charge in [0.2, 0.25) is 11.8 Å². The fraction of sp³-hybridized carbons (Fsp3) is 0.263. The lowest BCUT2D eigenvalue weighted by Gasteiger charge is -2.17. The molecule has 1 unspecified atom stereocenters. The molecule has 2 heterocycles. The molecule has 0 saturated carbocycles. The molecule has 1 aliphatic rings. The van der Waals surface area contributed by atoms with Crippen LogP contribution in [0.4, 0.5) is 5.69 Å². The number of carbonyl (C=O) groups excluding carboxylic acids is 3. The second-order valence-corrected chi connectivity index (χ2v) is 6.11. The molecule has 1 fully saturated rings. The third-order valence-electron chi connectivity index (χ3n) is 4.38. The van der Waals surface area contributed by atoms with Gasteiger partial charge in [-0.25, -0.2) is 0 Å². The SMILES string of the molecule is CCc1ccc(N2CC(C(=O)NNC(=O)c3cccnc3)CC2=O)cc1. The van der Waals surface area contributed by atoms with Gasteiger partial charge in [-0.15, -0.1) is 0 Å². The number of hydrogen-bond donors (Lipinski definition) is 2. The van der Waals surface area contributed by atoms with Crippen molar-refractivity contribution in [3.05, 3.63) is 59.9 Å². The van der Waals surface area contributed by atoms with Crippen molar-refractivity contribution in [3.8, 4) is 0 Å². The number of anilines is 1. The van der Waals surface area contributed by atoms with Gasteiger partial charge >= 0.3 is 0 Å². The number of aromatic nitrogens is 1. The van der Waals surface area contributed by atoms with E-state index in [2.05, 4.69) is 22.8 Å².